The summed E-state index contributed by atoms with van der Waals surface area (Å²) in [5.74, 6) is -2.38. The summed E-state index contributed by atoms with van der Waals surface area (Å²) in [5, 5.41) is -0.0893. The van der Waals surface area contributed by atoms with E-state index in [1.54, 1.807) is 6.07 Å². The lowest BCUT2D eigenvalue weighted by molar-refractivity contribution is 0.0955. The van der Waals surface area contributed by atoms with Gasteiger partial charge in [0.25, 0.3) is 10.0 Å². The Bertz CT molecular complexity index is 1300. The molecule has 2 aromatic carbocycles. The molecule has 30 heavy (non-hydrogen) atoms. The molecule has 7 nitrogen and oxygen atoms in total. The molecule has 0 radical (unpaired) electrons. The van der Waals surface area contributed by atoms with Crippen LogP contribution >= 0.6 is 11.6 Å². The lowest BCUT2D eigenvalue weighted by Gasteiger charge is -2.33. The molecular weight excluding hydrogens is 435 g/mol. The van der Waals surface area contributed by atoms with Crippen LogP contribution in [-0.2, 0) is 10.0 Å². The smallest absolute Gasteiger partial charge is 0.300 e. The zero-order chi connectivity index (χ0) is 21.6. The molecule has 4 rings (SSSR count). The first-order valence-electron chi connectivity index (χ1n) is 9.01. The number of Topliss-reactive ketones (excluding diaryl/α,β-unsaturated/α-hetero) is 1. The van der Waals surface area contributed by atoms with Gasteiger partial charge in [0.05, 0.1) is 10.4 Å². The Kier molecular flexibility index (Phi) is 5.03. The fraction of sp³-hybridized carbons (Fsp3) is 0.200. The van der Waals surface area contributed by atoms with Gasteiger partial charge >= 0.3 is 5.91 Å². The van der Waals surface area contributed by atoms with Crippen molar-refractivity contribution in [3.8, 4) is 0 Å². The molecule has 1 aromatic heterocycles. The van der Waals surface area contributed by atoms with Crippen LogP contribution in [0, 0.1) is 5.82 Å². The molecule has 10 heteroatoms. The van der Waals surface area contributed by atoms with Gasteiger partial charge in [-0.15, -0.1) is 0 Å². The van der Waals surface area contributed by atoms with Crippen molar-refractivity contribution in [1.29, 1.82) is 0 Å². The summed E-state index contributed by atoms with van der Waals surface area (Å²) >= 11 is 5.95. The van der Waals surface area contributed by atoms with Crippen molar-refractivity contribution in [1.82, 2.24) is 4.72 Å². The van der Waals surface area contributed by atoms with Crippen molar-refractivity contribution in [2.45, 2.75) is 18.2 Å². The molecule has 156 valence electrons. The summed E-state index contributed by atoms with van der Waals surface area (Å²) in [6, 6.07) is 7.81. The molecule has 1 fully saturated rings. The van der Waals surface area contributed by atoms with Gasteiger partial charge in [0.1, 0.15) is 16.3 Å². The summed E-state index contributed by atoms with van der Waals surface area (Å²) in [5.41, 5.74) is 0.889. The van der Waals surface area contributed by atoms with E-state index in [1.165, 1.54) is 25.1 Å². The number of anilines is 1. The number of ketones is 1. The monoisotopic (exact) mass is 450 g/mol. The van der Waals surface area contributed by atoms with E-state index in [4.69, 9.17) is 16.0 Å². The van der Waals surface area contributed by atoms with Crippen LogP contribution in [0.1, 0.15) is 34.3 Å². The standard InChI is InChI=1S/C20H16ClFN2O5S/c1-11(25)12-3-4-15(21)19(7-12)30(27,28)23-20(26)18-10-14-16(22)8-13(9-17(14)29-18)24-5-2-6-24/h3-4,7-10H,2,5-6H2,1H3,(H,23,26). The normalized spacial score (nSPS) is 13.9. The SMILES string of the molecule is CC(=O)c1ccc(Cl)c(S(=O)(=O)NC(=O)c2cc3c(F)cc(N4CCC4)cc3o2)c1. The number of amides is 1. The third-order valence-electron chi connectivity index (χ3n) is 4.87. The van der Waals surface area contributed by atoms with Crippen LogP contribution in [0.3, 0.4) is 0 Å². The van der Waals surface area contributed by atoms with Crippen LogP contribution in [0.4, 0.5) is 10.1 Å². The second-order valence-electron chi connectivity index (χ2n) is 6.93. The van der Waals surface area contributed by atoms with Gasteiger partial charge in [-0.3, -0.25) is 9.59 Å². The summed E-state index contributed by atoms with van der Waals surface area (Å²) in [6.07, 6.45) is 1.01. The summed E-state index contributed by atoms with van der Waals surface area (Å²) in [7, 11) is -4.40. The highest BCUT2D eigenvalue weighted by molar-refractivity contribution is 7.90. The minimum atomic E-state index is -4.40. The molecule has 1 N–H and O–H groups in total. The van der Waals surface area contributed by atoms with Gasteiger partial charge in [0.15, 0.2) is 11.5 Å². The van der Waals surface area contributed by atoms with Crippen molar-refractivity contribution in [3.05, 3.63) is 58.6 Å². The molecule has 1 saturated heterocycles. The van der Waals surface area contributed by atoms with E-state index >= 15 is 0 Å². The van der Waals surface area contributed by atoms with Crippen LogP contribution in [0.25, 0.3) is 11.0 Å². The number of hydrogen-bond acceptors (Lipinski definition) is 6. The number of carbonyl (C=O) groups excluding carboxylic acids is 2. The van der Waals surface area contributed by atoms with E-state index in [0.29, 0.717) is 5.69 Å². The predicted molar refractivity (Wildman–Crippen MR) is 109 cm³/mol. The van der Waals surface area contributed by atoms with Crippen molar-refractivity contribution in [3.63, 3.8) is 0 Å². The highest BCUT2D eigenvalue weighted by atomic mass is 35.5. The molecule has 0 spiro atoms. The zero-order valence-electron chi connectivity index (χ0n) is 15.7. The molecule has 3 aromatic rings. The van der Waals surface area contributed by atoms with E-state index in [2.05, 4.69) is 0 Å². The second kappa shape index (κ2) is 7.41. The molecule has 1 amide bonds. The third-order valence-corrected chi connectivity index (χ3v) is 6.68. The summed E-state index contributed by atoms with van der Waals surface area (Å²) < 4.78 is 47.0. The molecule has 0 bridgehead atoms. The van der Waals surface area contributed by atoms with Gasteiger partial charge in [-0.25, -0.2) is 17.5 Å². The maximum absolute atomic E-state index is 14.4. The van der Waals surface area contributed by atoms with Crippen molar-refractivity contribution < 1.29 is 26.8 Å². The average Bonchev–Trinajstić information content (AvgIpc) is 3.05. The fourth-order valence-corrected chi connectivity index (χ4v) is 4.59. The number of nitrogens with zero attached hydrogens (tertiary/aromatic N) is 1. The first kappa shape index (κ1) is 20.4. The first-order chi connectivity index (χ1) is 14.2. The zero-order valence-corrected chi connectivity index (χ0v) is 17.3. The Morgan fingerprint density at radius 3 is 2.53 bits per heavy atom. The van der Waals surface area contributed by atoms with Crippen LogP contribution < -0.4 is 9.62 Å². The van der Waals surface area contributed by atoms with Crippen molar-refractivity contribution in [2.75, 3.05) is 18.0 Å². The number of fused-ring (bicyclic) bond motifs is 1. The summed E-state index contributed by atoms with van der Waals surface area (Å²) in [6.45, 7) is 2.88. The van der Waals surface area contributed by atoms with Gasteiger partial charge in [0.2, 0.25) is 0 Å². The Balaban J connectivity index is 1.65. The lowest BCUT2D eigenvalue weighted by Crippen LogP contribution is -2.36. The maximum Gasteiger partial charge on any atom is 0.300 e. The molecule has 0 atom stereocenters. The Morgan fingerprint density at radius 2 is 1.90 bits per heavy atom. The number of sulfonamides is 1. The van der Waals surface area contributed by atoms with E-state index < -0.39 is 26.6 Å². The first-order valence-corrected chi connectivity index (χ1v) is 10.9. The number of furan rings is 1. The van der Waals surface area contributed by atoms with Crippen LogP contribution in [0.5, 0.6) is 0 Å². The molecule has 1 aliphatic heterocycles. The largest absolute Gasteiger partial charge is 0.451 e. The molecule has 0 saturated carbocycles. The highest BCUT2D eigenvalue weighted by Gasteiger charge is 2.26. The number of rotatable bonds is 5. The minimum Gasteiger partial charge on any atom is -0.451 e. The number of halogens is 2. The van der Waals surface area contributed by atoms with Gasteiger partial charge in [-0.2, -0.15) is 0 Å². The maximum atomic E-state index is 14.4. The summed E-state index contributed by atoms with van der Waals surface area (Å²) in [4.78, 5) is 25.6. The number of nitrogens with one attached hydrogen (secondary N) is 1. The van der Waals surface area contributed by atoms with E-state index in [9.17, 15) is 22.4 Å². The van der Waals surface area contributed by atoms with E-state index in [1.807, 2.05) is 9.62 Å². The van der Waals surface area contributed by atoms with Crippen molar-refractivity contribution >= 4 is 50.0 Å². The minimum absolute atomic E-state index is 0.0680. The predicted octanol–water partition coefficient (Wildman–Crippen LogP) is 3.76. The van der Waals surface area contributed by atoms with Gasteiger partial charge in [0, 0.05) is 36.5 Å². The lowest BCUT2D eigenvalue weighted by atomic mass is 10.1. The second-order valence-corrected chi connectivity index (χ2v) is 8.98. The van der Waals surface area contributed by atoms with E-state index in [0.717, 1.165) is 31.6 Å². The molecule has 1 aliphatic rings. The highest BCUT2D eigenvalue weighted by Crippen LogP contribution is 2.30. The number of carbonyl (C=O) groups is 2. The van der Waals surface area contributed by atoms with Gasteiger partial charge < -0.3 is 9.32 Å². The number of benzene rings is 2. The molecule has 2 heterocycles. The van der Waals surface area contributed by atoms with Crippen LogP contribution in [0.2, 0.25) is 5.02 Å². The Hall–Kier alpha value is -2.91. The van der Waals surface area contributed by atoms with Crippen molar-refractivity contribution in [2.24, 2.45) is 0 Å². The fourth-order valence-electron chi connectivity index (χ4n) is 3.11. The van der Waals surface area contributed by atoms with Crippen LogP contribution in [-0.4, -0.2) is 33.2 Å². The Morgan fingerprint density at radius 1 is 1.17 bits per heavy atom. The quantitative estimate of drug-likeness (QED) is 0.594. The molecule has 0 aliphatic carbocycles. The third kappa shape index (κ3) is 3.66. The molecule has 0 unspecified atom stereocenters. The average molecular weight is 451 g/mol. The van der Waals surface area contributed by atoms with Gasteiger partial charge in [-0.05, 0) is 37.6 Å². The van der Waals surface area contributed by atoms with Gasteiger partial charge in [-0.1, -0.05) is 11.6 Å². The number of hydrogen-bond donors (Lipinski definition) is 1. The Labute approximate surface area is 176 Å². The molecular formula is C20H16ClFN2O5S. The topological polar surface area (TPSA) is 96.7 Å². The van der Waals surface area contributed by atoms with Crippen LogP contribution in [0.15, 0.2) is 45.7 Å². The van der Waals surface area contributed by atoms with E-state index in [-0.39, 0.29) is 33.1 Å².